The third-order valence-corrected chi connectivity index (χ3v) is 9.59. The van der Waals surface area contributed by atoms with Gasteiger partial charge in [0.15, 0.2) is 11.6 Å². The van der Waals surface area contributed by atoms with E-state index in [1.54, 1.807) is 0 Å². The average Bonchev–Trinajstić information content (AvgIpc) is 3.49. The zero-order valence-corrected chi connectivity index (χ0v) is 15.7. The summed E-state index contributed by atoms with van der Waals surface area (Å²) in [5.41, 5.74) is 1.65. The molecule has 4 saturated carbocycles. The highest BCUT2D eigenvalue weighted by Gasteiger charge is 2.98. The van der Waals surface area contributed by atoms with Crippen LogP contribution in [-0.2, 0) is 28.7 Å². The van der Waals surface area contributed by atoms with Crippen molar-refractivity contribution < 1.29 is 28.7 Å². The highest BCUT2D eigenvalue weighted by Crippen LogP contribution is 2.95. The van der Waals surface area contributed by atoms with Crippen molar-refractivity contribution in [2.45, 2.75) is 25.7 Å². The van der Waals surface area contributed by atoms with Crippen molar-refractivity contribution in [3.8, 4) is 0 Å². The molecule has 144 valence electrons. The fraction of sp³-hybridized carbons (Fsp3) is 0.636. The van der Waals surface area contributed by atoms with Crippen molar-refractivity contribution in [3.63, 3.8) is 0 Å². The Kier molecular flexibility index (Phi) is 2.34. The molecule has 0 heterocycles. The van der Waals surface area contributed by atoms with Gasteiger partial charge in [-0.15, -0.1) is 0 Å². The number of ether oxygens (including phenoxy) is 2. The van der Waals surface area contributed by atoms with Gasteiger partial charge in [0.1, 0.15) is 0 Å². The predicted octanol–water partition coefficient (Wildman–Crippen LogP) is 1.39. The molecule has 0 N–H and O–H groups in total. The second-order valence-corrected chi connectivity index (χ2v) is 9.51. The summed E-state index contributed by atoms with van der Waals surface area (Å²) in [5.74, 6) is -1.14. The van der Waals surface area contributed by atoms with Gasteiger partial charge in [-0.25, -0.2) is 0 Å². The Morgan fingerprint density at radius 3 is 1.46 bits per heavy atom. The molecule has 8 atom stereocenters. The van der Waals surface area contributed by atoms with Crippen molar-refractivity contribution in [2.75, 3.05) is 14.2 Å². The van der Waals surface area contributed by atoms with Crippen LogP contribution in [-0.4, -0.2) is 37.7 Å². The largest absolute Gasteiger partial charge is 0.469 e. The van der Waals surface area contributed by atoms with Gasteiger partial charge in [-0.3, -0.25) is 19.2 Å². The Balaban J connectivity index is 1.60. The van der Waals surface area contributed by atoms with Gasteiger partial charge in [-0.1, -0.05) is 11.1 Å². The number of rotatable bonds is 2. The first-order valence-electron chi connectivity index (χ1n) is 10.2. The van der Waals surface area contributed by atoms with E-state index in [0.29, 0.717) is 25.7 Å². The lowest BCUT2D eigenvalue weighted by Crippen LogP contribution is -2.61. The van der Waals surface area contributed by atoms with Gasteiger partial charge in [-0.05, 0) is 35.8 Å². The molecular formula is C22H20O6. The molecule has 8 bridgehead atoms. The lowest BCUT2D eigenvalue weighted by atomic mass is 9.48. The Morgan fingerprint density at radius 2 is 1.11 bits per heavy atom. The molecule has 0 amide bonds. The second-order valence-electron chi connectivity index (χ2n) is 9.51. The van der Waals surface area contributed by atoms with E-state index in [-0.39, 0.29) is 59.0 Å². The molecule has 8 rings (SSSR count). The summed E-state index contributed by atoms with van der Waals surface area (Å²) in [6.07, 6.45) is 2.27. The quantitative estimate of drug-likeness (QED) is 0.673. The zero-order chi connectivity index (χ0) is 19.3. The molecule has 8 aliphatic rings. The Morgan fingerprint density at radius 1 is 0.714 bits per heavy atom. The molecule has 8 aliphatic carbocycles. The van der Waals surface area contributed by atoms with E-state index >= 15 is 0 Å². The molecule has 0 radical (unpaired) electrons. The van der Waals surface area contributed by atoms with Crippen LogP contribution in [0.3, 0.4) is 0 Å². The number of allylic oxidation sites excluding steroid dienone is 4. The summed E-state index contributed by atoms with van der Waals surface area (Å²) in [6.45, 7) is 0. The van der Waals surface area contributed by atoms with E-state index in [4.69, 9.17) is 9.47 Å². The lowest BCUT2D eigenvalue weighted by Gasteiger charge is -2.51. The molecule has 0 unspecified atom stereocenters. The first kappa shape index (κ1) is 15.7. The second kappa shape index (κ2) is 4.19. The lowest BCUT2D eigenvalue weighted by molar-refractivity contribution is -0.184. The molecule has 0 aromatic carbocycles. The van der Waals surface area contributed by atoms with Gasteiger partial charge in [-0.2, -0.15) is 0 Å². The van der Waals surface area contributed by atoms with E-state index in [9.17, 15) is 19.2 Å². The molecule has 6 nitrogen and oxygen atoms in total. The molecule has 0 aromatic heterocycles. The van der Waals surface area contributed by atoms with Crippen molar-refractivity contribution in [2.24, 2.45) is 46.3 Å². The number of carbonyl (C=O) groups is 4. The van der Waals surface area contributed by atoms with Crippen LogP contribution in [0.15, 0.2) is 22.3 Å². The van der Waals surface area contributed by atoms with Crippen molar-refractivity contribution in [3.05, 3.63) is 22.3 Å². The third kappa shape index (κ3) is 1.04. The molecular weight excluding hydrogens is 360 g/mol. The van der Waals surface area contributed by atoms with E-state index < -0.39 is 10.8 Å². The Bertz CT molecular complexity index is 950. The van der Waals surface area contributed by atoms with Crippen LogP contribution in [0.2, 0.25) is 0 Å². The van der Waals surface area contributed by atoms with Crippen LogP contribution in [0, 0.1) is 46.3 Å². The van der Waals surface area contributed by atoms with E-state index in [0.717, 1.165) is 22.3 Å². The number of carbonyl (C=O) groups excluding carboxylic acids is 4. The maximum atomic E-state index is 13.5. The molecule has 6 heteroatoms. The molecule has 0 spiro atoms. The summed E-state index contributed by atoms with van der Waals surface area (Å²) in [4.78, 5) is 52.6. The summed E-state index contributed by atoms with van der Waals surface area (Å²) in [7, 11) is 2.74. The van der Waals surface area contributed by atoms with E-state index in [1.165, 1.54) is 14.2 Å². The first-order valence-corrected chi connectivity index (χ1v) is 10.2. The van der Waals surface area contributed by atoms with Crippen LogP contribution in [0.25, 0.3) is 0 Å². The summed E-state index contributed by atoms with van der Waals surface area (Å²) in [6, 6.07) is 0. The highest BCUT2D eigenvalue weighted by molar-refractivity contribution is 6.09. The minimum absolute atomic E-state index is 0.0841. The monoisotopic (exact) mass is 380 g/mol. The number of hydrogen-bond acceptors (Lipinski definition) is 6. The molecule has 28 heavy (non-hydrogen) atoms. The van der Waals surface area contributed by atoms with Gasteiger partial charge >= 0.3 is 11.9 Å². The van der Waals surface area contributed by atoms with Crippen LogP contribution in [0.4, 0.5) is 0 Å². The van der Waals surface area contributed by atoms with Gasteiger partial charge in [0.05, 0.1) is 25.0 Å². The maximum Gasteiger partial charge on any atom is 0.314 e. The smallest absolute Gasteiger partial charge is 0.314 e. The molecule has 0 saturated heterocycles. The number of ketones is 2. The van der Waals surface area contributed by atoms with E-state index in [2.05, 4.69) is 0 Å². The van der Waals surface area contributed by atoms with E-state index in [1.807, 2.05) is 0 Å². The number of methoxy groups -OCH3 is 2. The Hall–Kier alpha value is -2.24. The number of Topliss-reactive ketones (excluding diaryl/α,β-unsaturated/α-hetero) is 2. The topological polar surface area (TPSA) is 86.7 Å². The molecule has 4 fully saturated rings. The molecule has 0 aliphatic heterocycles. The fourth-order valence-corrected chi connectivity index (χ4v) is 9.73. The van der Waals surface area contributed by atoms with Crippen LogP contribution >= 0.6 is 0 Å². The van der Waals surface area contributed by atoms with Gasteiger partial charge in [0.25, 0.3) is 0 Å². The Labute approximate surface area is 161 Å². The van der Waals surface area contributed by atoms with Crippen molar-refractivity contribution in [1.29, 1.82) is 0 Å². The SMILES string of the molecule is COC(=O)[C@]12[C@H]3C4=C(C(=O)CC4)[C@@H]4[C@H]3[C@@H]3[C@@H]1C1=C(CCC1=O)[C@@H]3[C@]42C(=O)OC. The van der Waals surface area contributed by atoms with Gasteiger partial charge in [0, 0.05) is 36.5 Å². The minimum Gasteiger partial charge on any atom is -0.469 e. The van der Waals surface area contributed by atoms with Crippen molar-refractivity contribution in [1.82, 2.24) is 0 Å². The summed E-state index contributed by atoms with van der Waals surface area (Å²) >= 11 is 0. The minimum atomic E-state index is -1.07. The molecule has 0 aromatic rings. The van der Waals surface area contributed by atoms with Gasteiger partial charge < -0.3 is 9.47 Å². The summed E-state index contributed by atoms with van der Waals surface area (Å²) in [5, 5.41) is 0. The maximum absolute atomic E-state index is 13.5. The van der Waals surface area contributed by atoms with Gasteiger partial charge in [0.2, 0.25) is 0 Å². The third-order valence-electron chi connectivity index (χ3n) is 9.59. The van der Waals surface area contributed by atoms with Crippen LogP contribution < -0.4 is 0 Å². The summed E-state index contributed by atoms with van der Waals surface area (Å²) < 4.78 is 10.7. The zero-order valence-electron chi connectivity index (χ0n) is 15.7. The highest BCUT2D eigenvalue weighted by atomic mass is 16.5. The van der Waals surface area contributed by atoms with Crippen LogP contribution in [0.1, 0.15) is 25.7 Å². The fourth-order valence-electron chi connectivity index (χ4n) is 9.73. The normalized spacial score (nSPS) is 50.4. The average molecular weight is 380 g/mol. The van der Waals surface area contributed by atoms with Crippen molar-refractivity contribution >= 4 is 23.5 Å². The number of hydrogen-bond donors (Lipinski definition) is 0. The van der Waals surface area contributed by atoms with Crippen LogP contribution in [0.5, 0.6) is 0 Å². The first-order chi connectivity index (χ1) is 13.5. The number of esters is 2. The standard InChI is InChI=1S/C22H20O6/c1-27-19(25)21-15-7-3-5-10(24)12(7)18-13(15)14-16(22(18,21)20(26)28-2)8-4-6-9(23)11(8)17(14)21/h13-18H,3-6H2,1-2H3/t13-,14-,15-,16-,17-,18+,21-,22+/m0/s1. The predicted molar refractivity (Wildman–Crippen MR) is 92.4 cm³/mol.